The number of rotatable bonds is 5. The number of nitrogens with two attached hydrogens (primary N) is 1. The van der Waals surface area contributed by atoms with Gasteiger partial charge < -0.3 is 20.2 Å². The largest absolute Gasteiger partial charge is 0.478 e. The van der Waals surface area contributed by atoms with Crippen LogP contribution in [0.5, 0.6) is 5.75 Å². The summed E-state index contributed by atoms with van der Waals surface area (Å²) in [4.78, 5) is 4.25. The van der Waals surface area contributed by atoms with Gasteiger partial charge in [-0.25, -0.2) is 9.37 Å². The number of benzene rings is 1. The van der Waals surface area contributed by atoms with Gasteiger partial charge in [0.15, 0.2) is 11.4 Å². The van der Waals surface area contributed by atoms with E-state index in [2.05, 4.69) is 21.5 Å². The van der Waals surface area contributed by atoms with Crippen molar-refractivity contribution in [1.82, 2.24) is 20.1 Å². The van der Waals surface area contributed by atoms with Gasteiger partial charge in [0.2, 0.25) is 11.5 Å². The zero-order valence-corrected chi connectivity index (χ0v) is 20.2. The van der Waals surface area contributed by atoms with Crippen LogP contribution in [0.25, 0.3) is 22.1 Å². The lowest BCUT2D eigenvalue weighted by Gasteiger charge is -2.22. The highest BCUT2D eigenvalue weighted by Gasteiger charge is 2.26. The zero-order chi connectivity index (χ0) is 24.7. The van der Waals surface area contributed by atoms with E-state index in [-0.39, 0.29) is 44.6 Å². The number of hydrogen-bond donors (Lipinski definition) is 2. The smallest absolute Gasteiger partial charge is 0.212 e. The van der Waals surface area contributed by atoms with Gasteiger partial charge in [0.1, 0.15) is 18.0 Å². The number of furan rings is 1. The molecular formula is C24H21Cl2FN6O2. The maximum absolute atomic E-state index is 14.1. The number of piperidine rings is 1. The van der Waals surface area contributed by atoms with Crippen molar-refractivity contribution < 1.29 is 13.5 Å². The highest BCUT2D eigenvalue weighted by Crippen LogP contribution is 2.43. The molecule has 0 unspecified atom stereocenters. The predicted molar refractivity (Wildman–Crippen MR) is 131 cm³/mol. The number of nitrogen functional groups attached to an aromatic ring is 1. The normalized spacial score (nSPS) is 15.3. The molecule has 5 rings (SSSR count). The molecule has 0 spiro atoms. The van der Waals surface area contributed by atoms with Crippen LogP contribution in [-0.4, -0.2) is 27.9 Å². The first-order valence-corrected chi connectivity index (χ1v) is 11.8. The summed E-state index contributed by atoms with van der Waals surface area (Å²) in [5.74, 6) is -0.386. The Morgan fingerprint density at radius 1 is 1.31 bits per heavy atom. The fraction of sp³-hybridized carbons (Fsp3) is 0.292. The lowest BCUT2D eigenvalue weighted by Crippen LogP contribution is -2.29. The van der Waals surface area contributed by atoms with Gasteiger partial charge in [-0.05, 0) is 45.0 Å². The van der Waals surface area contributed by atoms with Gasteiger partial charge in [0.25, 0.3) is 0 Å². The summed E-state index contributed by atoms with van der Waals surface area (Å²) in [6.07, 6.45) is 6.30. The van der Waals surface area contributed by atoms with Crippen molar-refractivity contribution in [2.45, 2.75) is 31.9 Å². The number of pyridine rings is 1. The third-order valence-electron chi connectivity index (χ3n) is 6.17. The van der Waals surface area contributed by atoms with Gasteiger partial charge in [-0.15, -0.1) is 0 Å². The molecule has 35 heavy (non-hydrogen) atoms. The topological polar surface area (TPSA) is 115 Å². The number of ether oxygens (including phenoxy) is 1. The Morgan fingerprint density at radius 2 is 2.09 bits per heavy atom. The molecule has 3 N–H and O–H groups in total. The number of nitriles is 1. The summed E-state index contributed by atoms with van der Waals surface area (Å²) < 4.78 is 27.9. The van der Waals surface area contributed by atoms with Crippen molar-refractivity contribution in [3.8, 4) is 22.9 Å². The average Bonchev–Trinajstić information content (AvgIpc) is 3.49. The summed E-state index contributed by atoms with van der Waals surface area (Å²) in [6.45, 7) is 3.52. The van der Waals surface area contributed by atoms with Crippen LogP contribution in [0.4, 0.5) is 10.2 Å². The fourth-order valence-electron chi connectivity index (χ4n) is 4.41. The average molecular weight is 515 g/mol. The molecule has 1 atom stereocenters. The fourth-order valence-corrected chi connectivity index (χ4v) is 5.09. The first-order chi connectivity index (χ1) is 16.9. The standard InChI is InChI=1S/C24H21Cl2FN6O2/c1-12(19-16(25)2-3-17(27)21(19)26)34-23-22-15(10-31-24(23)29)20(18(8-28)35-22)13-9-32-33(11-13)14-4-6-30-7-5-14/h2-3,9-12,14,30H,4-7H2,1H3,(H2,29,31)/t12-/m1/s1. The van der Waals surface area contributed by atoms with Crippen molar-refractivity contribution in [2.24, 2.45) is 0 Å². The second kappa shape index (κ2) is 9.38. The van der Waals surface area contributed by atoms with Gasteiger partial charge in [0.05, 0.1) is 28.2 Å². The molecule has 1 saturated heterocycles. The minimum absolute atomic E-state index is 0.0446. The van der Waals surface area contributed by atoms with Crippen molar-refractivity contribution >= 4 is 40.0 Å². The summed E-state index contributed by atoms with van der Waals surface area (Å²) in [7, 11) is 0. The Bertz CT molecular complexity index is 1450. The van der Waals surface area contributed by atoms with Crippen LogP contribution < -0.4 is 15.8 Å². The molecule has 180 valence electrons. The molecule has 0 saturated carbocycles. The van der Waals surface area contributed by atoms with E-state index in [9.17, 15) is 9.65 Å². The zero-order valence-electron chi connectivity index (χ0n) is 18.7. The second-order valence-corrected chi connectivity index (χ2v) is 9.13. The first-order valence-electron chi connectivity index (χ1n) is 11.1. The Labute approximate surface area is 210 Å². The molecule has 1 aliphatic rings. The van der Waals surface area contributed by atoms with Crippen molar-refractivity contribution in [1.29, 1.82) is 5.26 Å². The molecule has 0 radical (unpaired) electrons. The molecule has 3 aromatic heterocycles. The minimum atomic E-state index is -0.790. The van der Waals surface area contributed by atoms with Crippen molar-refractivity contribution in [3.63, 3.8) is 0 Å². The van der Waals surface area contributed by atoms with Crippen LogP contribution in [0, 0.1) is 17.1 Å². The molecule has 0 bridgehead atoms. The molecule has 1 aromatic carbocycles. The van der Waals surface area contributed by atoms with Gasteiger partial charge in [0, 0.05) is 28.5 Å². The summed E-state index contributed by atoms with van der Waals surface area (Å²) in [6, 6.07) is 4.96. The van der Waals surface area contributed by atoms with Gasteiger partial charge in [-0.1, -0.05) is 23.2 Å². The highest BCUT2D eigenvalue weighted by molar-refractivity contribution is 6.36. The van der Waals surface area contributed by atoms with E-state index in [0.717, 1.165) is 31.5 Å². The van der Waals surface area contributed by atoms with Crippen LogP contribution in [0.3, 0.4) is 0 Å². The number of hydrogen-bond acceptors (Lipinski definition) is 7. The molecule has 0 amide bonds. The Balaban J connectivity index is 1.57. The SMILES string of the molecule is C[C@@H](Oc1c(N)ncc2c(-c3cnn(C4CCNCC4)c3)c(C#N)oc12)c1c(Cl)ccc(F)c1Cl. The summed E-state index contributed by atoms with van der Waals surface area (Å²) in [5, 5.41) is 18.3. The molecule has 8 nitrogen and oxygen atoms in total. The highest BCUT2D eigenvalue weighted by atomic mass is 35.5. The Hall–Kier alpha value is -3.32. The molecular weight excluding hydrogens is 494 g/mol. The monoisotopic (exact) mass is 514 g/mol. The number of nitrogens with zero attached hydrogens (tertiary/aromatic N) is 4. The van der Waals surface area contributed by atoms with E-state index in [1.54, 1.807) is 13.1 Å². The maximum Gasteiger partial charge on any atom is 0.212 e. The van der Waals surface area contributed by atoms with Crippen LogP contribution >= 0.6 is 23.2 Å². The predicted octanol–water partition coefficient (Wildman–Crippen LogP) is 5.66. The minimum Gasteiger partial charge on any atom is -0.478 e. The first kappa shape index (κ1) is 23.4. The third kappa shape index (κ3) is 4.18. The third-order valence-corrected chi connectivity index (χ3v) is 6.89. The number of halogens is 3. The van der Waals surface area contributed by atoms with Crippen LogP contribution in [0.1, 0.15) is 43.2 Å². The summed E-state index contributed by atoms with van der Waals surface area (Å²) >= 11 is 12.4. The van der Waals surface area contributed by atoms with Crippen molar-refractivity contribution in [3.05, 3.63) is 57.9 Å². The Morgan fingerprint density at radius 3 is 2.83 bits per heavy atom. The van der Waals surface area contributed by atoms with Crippen LogP contribution in [0.2, 0.25) is 10.0 Å². The lowest BCUT2D eigenvalue weighted by atomic mass is 10.1. The molecule has 4 heterocycles. The second-order valence-electron chi connectivity index (χ2n) is 8.34. The van der Waals surface area contributed by atoms with E-state index in [0.29, 0.717) is 10.9 Å². The molecule has 0 aliphatic carbocycles. The number of nitrogens with one attached hydrogen (secondary N) is 1. The maximum atomic E-state index is 14.1. The van der Waals surface area contributed by atoms with E-state index < -0.39 is 11.9 Å². The molecule has 1 fully saturated rings. The number of anilines is 1. The van der Waals surface area contributed by atoms with Gasteiger partial charge in [-0.3, -0.25) is 4.68 Å². The van der Waals surface area contributed by atoms with Crippen LogP contribution in [0.15, 0.2) is 35.1 Å². The van der Waals surface area contributed by atoms with E-state index in [1.807, 2.05) is 10.9 Å². The van der Waals surface area contributed by atoms with E-state index in [4.69, 9.17) is 38.1 Å². The summed E-state index contributed by atoms with van der Waals surface area (Å²) in [5.41, 5.74) is 7.90. The number of aromatic nitrogens is 3. The Kier molecular flexibility index (Phi) is 6.28. The van der Waals surface area contributed by atoms with Crippen molar-refractivity contribution in [2.75, 3.05) is 18.8 Å². The van der Waals surface area contributed by atoms with E-state index >= 15 is 0 Å². The number of fused-ring (bicyclic) bond motifs is 1. The lowest BCUT2D eigenvalue weighted by molar-refractivity contribution is 0.227. The van der Waals surface area contributed by atoms with E-state index in [1.165, 1.54) is 18.3 Å². The molecule has 11 heteroatoms. The molecule has 1 aliphatic heterocycles. The van der Waals surface area contributed by atoms with Gasteiger partial charge >= 0.3 is 0 Å². The van der Waals surface area contributed by atoms with Crippen LogP contribution in [-0.2, 0) is 0 Å². The molecule has 4 aromatic rings. The van der Waals surface area contributed by atoms with Gasteiger partial charge in [-0.2, -0.15) is 10.4 Å². The quantitative estimate of drug-likeness (QED) is 0.330.